The van der Waals surface area contributed by atoms with Crippen molar-refractivity contribution in [3.63, 3.8) is 0 Å². The number of rotatable bonds is 10. The van der Waals surface area contributed by atoms with E-state index in [0.29, 0.717) is 19.4 Å². The lowest BCUT2D eigenvalue weighted by Crippen LogP contribution is -2.49. The number of guanidine groups is 1. The maximum absolute atomic E-state index is 12.2. The molecule has 0 aromatic rings. The number of aliphatic imine (C=N–C) groups is 1. The number of halogens is 1. The maximum Gasteiger partial charge on any atom is 0.222 e. The van der Waals surface area contributed by atoms with Crippen LogP contribution in [0.3, 0.4) is 0 Å². The minimum Gasteiger partial charge on any atom is -0.370 e. The number of hydrogen-bond donors (Lipinski definition) is 4. The van der Waals surface area contributed by atoms with Gasteiger partial charge in [-0.2, -0.15) is 0 Å². The Bertz CT molecular complexity index is 438. The Morgan fingerprint density at radius 1 is 1.17 bits per heavy atom. The molecule has 3 atom stereocenters. The lowest BCUT2D eigenvalue weighted by atomic mass is 9.91. The van der Waals surface area contributed by atoms with E-state index in [-0.39, 0.29) is 36.6 Å². The molecule has 0 aliphatic heterocycles. The Balaban J connectivity index is 0. The third-order valence-electron chi connectivity index (χ3n) is 3.44. The summed E-state index contributed by atoms with van der Waals surface area (Å²) in [6.07, 6.45) is 1.42. The maximum atomic E-state index is 12.2. The van der Waals surface area contributed by atoms with Crippen LogP contribution >= 0.6 is 12.4 Å². The highest BCUT2D eigenvalue weighted by molar-refractivity contribution is 6.41. The number of Topliss-reactive ketones (excluding diaryl/α,β-unsaturated/α-hetero) is 2. The third kappa shape index (κ3) is 9.14. The highest BCUT2D eigenvalue weighted by Crippen LogP contribution is 2.09. The Morgan fingerprint density at radius 2 is 1.74 bits per heavy atom. The molecule has 0 aromatic carbocycles. The molecule has 9 heteroatoms. The summed E-state index contributed by atoms with van der Waals surface area (Å²) >= 11 is 0. The van der Waals surface area contributed by atoms with E-state index in [1.165, 1.54) is 6.92 Å². The van der Waals surface area contributed by atoms with Gasteiger partial charge < -0.3 is 22.5 Å². The lowest BCUT2D eigenvalue weighted by Gasteiger charge is -2.20. The van der Waals surface area contributed by atoms with Crippen molar-refractivity contribution in [3.8, 4) is 0 Å². The first-order valence-electron chi connectivity index (χ1n) is 7.36. The molecule has 0 fully saturated rings. The quantitative estimate of drug-likeness (QED) is 0.180. The number of ketones is 2. The Labute approximate surface area is 143 Å². The first-order valence-corrected chi connectivity index (χ1v) is 7.36. The lowest BCUT2D eigenvalue weighted by molar-refractivity contribution is -0.140. The van der Waals surface area contributed by atoms with Gasteiger partial charge in [-0.25, -0.2) is 0 Å². The molecule has 0 heterocycles. The number of nitrogens with one attached hydrogen (secondary N) is 1. The Kier molecular flexibility index (Phi) is 12.1. The van der Waals surface area contributed by atoms with Gasteiger partial charge >= 0.3 is 0 Å². The van der Waals surface area contributed by atoms with Crippen LogP contribution in [0, 0.1) is 5.92 Å². The van der Waals surface area contributed by atoms with Gasteiger partial charge in [-0.15, -0.1) is 12.4 Å². The van der Waals surface area contributed by atoms with Crippen LogP contribution in [-0.2, 0) is 14.4 Å². The molecule has 0 saturated heterocycles. The predicted octanol–water partition coefficient (Wildman–Crippen LogP) is -0.522. The molecule has 1 amide bonds. The van der Waals surface area contributed by atoms with Crippen LogP contribution in [0.2, 0.25) is 0 Å². The zero-order chi connectivity index (χ0) is 17.3. The molecule has 8 nitrogen and oxygen atoms in total. The van der Waals surface area contributed by atoms with Crippen LogP contribution in [0.15, 0.2) is 4.99 Å². The second-order valence-corrected chi connectivity index (χ2v) is 5.34. The van der Waals surface area contributed by atoms with Crippen LogP contribution in [0.25, 0.3) is 0 Å². The van der Waals surface area contributed by atoms with Crippen molar-refractivity contribution in [1.82, 2.24) is 5.32 Å². The first-order chi connectivity index (χ1) is 10.2. The minimum absolute atomic E-state index is 0. The molecule has 0 aromatic heterocycles. The third-order valence-corrected chi connectivity index (χ3v) is 3.44. The van der Waals surface area contributed by atoms with E-state index in [1.807, 2.05) is 13.8 Å². The smallest absolute Gasteiger partial charge is 0.222 e. The summed E-state index contributed by atoms with van der Waals surface area (Å²) in [5, 5.41) is 2.48. The standard InChI is InChI=1S/C14H27N5O3.ClH/c1-4-8(2)11(15)13(22)12(21)10(19-9(3)20)6-5-7-18-14(16)17;/h8,10-11H,4-7,15H2,1-3H3,(H,19,20)(H4,16,17,18);1H/t8-,10?,11-;/m0./s1. The topological polar surface area (TPSA) is 154 Å². The zero-order valence-electron chi connectivity index (χ0n) is 13.9. The molecule has 0 aliphatic carbocycles. The molecular formula is C14H28ClN5O3. The van der Waals surface area contributed by atoms with Crippen LogP contribution in [0.1, 0.15) is 40.0 Å². The van der Waals surface area contributed by atoms with E-state index < -0.39 is 23.7 Å². The molecule has 7 N–H and O–H groups in total. The summed E-state index contributed by atoms with van der Waals surface area (Å²) in [7, 11) is 0. The van der Waals surface area contributed by atoms with Crippen molar-refractivity contribution in [1.29, 1.82) is 0 Å². The highest BCUT2D eigenvalue weighted by Gasteiger charge is 2.31. The SMILES string of the molecule is CC[C@H](C)[C@H](N)C(=O)C(=O)C(CCCN=C(N)N)NC(C)=O.Cl. The largest absolute Gasteiger partial charge is 0.370 e. The van der Waals surface area contributed by atoms with Gasteiger partial charge in [0, 0.05) is 13.5 Å². The number of hydrogen-bond acceptors (Lipinski definition) is 5. The van der Waals surface area contributed by atoms with Gasteiger partial charge in [0.15, 0.2) is 5.96 Å². The molecule has 23 heavy (non-hydrogen) atoms. The fourth-order valence-corrected chi connectivity index (χ4v) is 1.87. The number of nitrogens with two attached hydrogens (primary N) is 3. The van der Waals surface area contributed by atoms with Gasteiger partial charge in [0.05, 0.1) is 12.1 Å². The molecule has 1 unspecified atom stereocenters. The normalized spacial score (nSPS) is 13.9. The predicted molar refractivity (Wildman–Crippen MR) is 92.2 cm³/mol. The highest BCUT2D eigenvalue weighted by atomic mass is 35.5. The summed E-state index contributed by atoms with van der Waals surface area (Å²) < 4.78 is 0. The molecule has 0 saturated carbocycles. The van der Waals surface area contributed by atoms with Gasteiger partial charge in [0.2, 0.25) is 17.5 Å². The molecule has 0 radical (unpaired) electrons. The minimum atomic E-state index is -0.894. The molecule has 0 aliphatic rings. The monoisotopic (exact) mass is 349 g/mol. The van der Waals surface area contributed by atoms with Crippen LogP contribution in [-0.4, -0.2) is 42.1 Å². The van der Waals surface area contributed by atoms with Crippen LogP contribution in [0.4, 0.5) is 0 Å². The molecule has 134 valence electrons. The van der Waals surface area contributed by atoms with Crippen molar-refractivity contribution in [2.45, 2.75) is 52.1 Å². The first kappa shape index (κ1) is 23.6. The van der Waals surface area contributed by atoms with Gasteiger partial charge in [-0.3, -0.25) is 19.4 Å². The van der Waals surface area contributed by atoms with Gasteiger partial charge in [0.1, 0.15) is 0 Å². The molecular weight excluding hydrogens is 322 g/mol. The molecule has 0 spiro atoms. The van der Waals surface area contributed by atoms with Crippen molar-refractivity contribution in [2.24, 2.45) is 28.1 Å². The zero-order valence-corrected chi connectivity index (χ0v) is 14.7. The fourth-order valence-electron chi connectivity index (χ4n) is 1.87. The molecule has 0 bridgehead atoms. The Morgan fingerprint density at radius 3 is 2.17 bits per heavy atom. The van der Waals surface area contributed by atoms with E-state index in [9.17, 15) is 14.4 Å². The molecule has 0 rings (SSSR count). The number of carbonyl (C=O) groups is 3. The number of carbonyl (C=O) groups excluding carboxylic acids is 3. The summed E-state index contributed by atoms with van der Waals surface area (Å²) in [6, 6.07) is -1.75. The van der Waals surface area contributed by atoms with E-state index in [1.54, 1.807) is 0 Å². The van der Waals surface area contributed by atoms with Crippen molar-refractivity contribution >= 4 is 35.8 Å². The number of amides is 1. The van der Waals surface area contributed by atoms with E-state index in [2.05, 4.69) is 10.3 Å². The van der Waals surface area contributed by atoms with Crippen molar-refractivity contribution in [2.75, 3.05) is 6.54 Å². The van der Waals surface area contributed by atoms with E-state index in [4.69, 9.17) is 17.2 Å². The number of nitrogens with zero attached hydrogens (tertiary/aromatic N) is 1. The van der Waals surface area contributed by atoms with E-state index >= 15 is 0 Å². The second-order valence-electron chi connectivity index (χ2n) is 5.34. The van der Waals surface area contributed by atoms with Gasteiger partial charge in [-0.1, -0.05) is 20.3 Å². The van der Waals surface area contributed by atoms with E-state index in [0.717, 1.165) is 0 Å². The van der Waals surface area contributed by atoms with Crippen LogP contribution < -0.4 is 22.5 Å². The summed E-state index contributed by atoms with van der Waals surface area (Å²) in [4.78, 5) is 39.4. The Hall–Kier alpha value is -1.67. The average molecular weight is 350 g/mol. The van der Waals surface area contributed by atoms with Crippen molar-refractivity contribution < 1.29 is 14.4 Å². The summed E-state index contributed by atoms with van der Waals surface area (Å²) in [5.41, 5.74) is 16.2. The summed E-state index contributed by atoms with van der Waals surface area (Å²) in [5.74, 6) is -1.86. The second kappa shape index (κ2) is 11.8. The average Bonchev–Trinajstić information content (AvgIpc) is 2.46. The van der Waals surface area contributed by atoms with Gasteiger partial charge in [0.25, 0.3) is 0 Å². The van der Waals surface area contributed by atoms with Gasteiger partial charge in [-0.05, 0) is 18.8 Å². The van der Waals surface area contributed by atoms with Crippen LogP contribution in [0.5, 0.6) is 0 Å². The fraction of sp³-hybridized carbons (Fsp3) is 0.714. The van der Waals surface area contributed by atoms with Crippen molar-refractivity contribution in [3.05, 3.63) is 0 Å². The summed E-state index contributed by atoms with van der Waals surface area (Å²) in [6.45, 7) is 5.30.